The quantitative estimate of drug-likeness (QED) is 0.593. The lowest BCUT2D eigenvalue weighted by Gasteiger charge is -2.11. The fourth-order valence-electron chi connectivity index (χ4n) is 1.67. The van der Waals surface area contributed by atoms with Crippen LogP contribution in [-0.4, -0.2) is 35.3 Å². The summed E-state index contributed by atoms with van der Waals surface area (Å²) in [7, 11) is 1.53. The molecular formula is C13H17N5O2. The molecule has 0 amide bonds. The van der Waals surface area contributed by atoms with Crippen molar-refractivity contribution in [2.75, 3.05) is 37.0 Å². The van der Waals surface area contributed by atoms with Crippen molar-refractivity contribution in [1.29, 1.82) is 0 Å². The first-order valence-corrected chi connectivity index (χ1v) is 6.07. The molecule has 20 heavy (non-hydrogen) atoms. The molecule has 7 heteroatoms. The Morgan fingerprint density at radius 3 is 2.75 bits per heavy atom. The largest absolute Gasteiger partial charge is 0.491 e. The first-order valence-electron chi connectivity index (χ1n) is 6.07. The highest BCUT2D eigenvalue weighted by molar-refractivity contribution is 5.72. The van der Waals surface area contributed by atoms with Gasteiger partial charge >= 0.3 is 0 Å². The van der Waals surface area contributed by atoms with Gasteiger partial charge in [0, 0.05) is 12.1 Å². The highest BCUT2D eigenvalue weighted by Gasteiger charge is 2.09. The normalized spacial score (nSPS) is 10.3. The summed E-state index contributed by atoms with van der Waals surface area (Å²) in [4.78, 5) is 8.59. The van der Waals surface area contributed by atoms with Crippen LogP contribution in [0.3, 0.4) is 0 Å². The average molecular weight is 275 g/mol. The van der Waals surface area contributed by atoms with Crippen LogP contribution in [0.25, 0.3) is 11.4 Å². The number of benzene rings is 1. The van der Waals surface area contributed by atoms with E-state index in [-0.39, 0.29) is 6.61 Å². The van der Waals surface area contributed by atoms with Crippen LogP contribution in [0.5, 0.6) is 5.75 Å². The van der Waals surface area contributed by atoms with Crippen LogP contribution in [0, 0.1) is 0 Å². The summed E-state index contributed by atoms with van der Waals surface area (Å²) in [5.41, 5.74) is 13.2. The molecule has 0 saturated heterocycles. The number of aliphatic hydroxyl groups excluding tert-OH is 1. The second kappa shape index (κ2) is 6.07. The minimum atomic E-state index is -0.00267. The van der Waals surface area contributed by atoms with Crippen molar-refractivity contribution in [3.8, 4) is 17.1 Å². The third kappa shape index (κ3) is 2.89. The standard InChI is InChI=1S/C13H17N5O2/c1-20-11-7-17-12(18-13(11)16-4-5-19)8-2-3-9(14)10(15)6-8/h2-3,6-7,19H,4-5,14-15H2,1H3,(H,16,17,18). The molecule has 6 N–H and O–H groups in total. The maximum Gasteiger partial charge on any atom is 0.179 e. The lowest BCUT2D eigenvalue weighted by Crippen LogP contribution is -2.09. The maximum absolute atomic E-state index is 8.87. The molecule has 0 aliphatic heterocycles. The fraction of sp³-hybridized carbons (Fsp3) is 0.231. The van der Waals surface area contributed by atoms with Crippen LogP contribution in [-0.2, 0) is 0 Å². The molecule has 1 aromatic carbocycles. The molecule has 1 aromatic heterocycles. The monoisotopic (exact) mass is 275 g/mol. The average Bonchev–Trinajstić information content (AvgIpc) is 2.47. The van der Waals surface area contributed by atoms with E-state index in [1.165, 1.54) is 7.11 Å². The summed E-state index contributed by atoms with van der Waals surface area (Å²) in [5.74, 6) is 1.52. The number of rotatable bonds is 5. The first-order chi connectivity index (χ1) is 9.65. The van der Waals surface area contributed by atoms with Crippen molar-refractivity contribution < 1.29 is 9.84 Å². The van der Waals surface area contributed by atoms with Crippen molar-refractivity contribution in [2.45, 2.75) is 0 Å². The predicted octanol–water partition coefficient (Wildman–Crippen LogP) is 0.721. The van der Waals surface area contributed by atoms with Crippen molar-refractivity contribution in [1.82, 2.24) is 9.97 Å². The van der Waals surface area contributed by atoms with E-state index in [0.717, 1.165) is 5.56 Å². The Morgan fingerprint density at radius 1 is 1.30 bits per heavy atom. The number of nitrogen functional groups attached to an aromatic ring is 2. The number of nitrogens with one attached hydrogen (secondary N) is 1. The number of ether oxygens (including phenoxy) is 1. The van der Waals surface area contributed by atoms with E-state index >= 15 is 0 Å². The number of anilines is 3. The molecular weight excluding hydrogens is 258 g/mol. The molecule has 7 nitrogen and oxygen atoms in total. The van der Waals surface area contributed by atoms with E-state index in [1.54, 1.807) is 24.4 Å². The Labute approximate surface area is 116 Å². The molecule has 2 rings (SSSR count). The molecule has 0 saturated carbocycles. The molecule has 0 fully saturated rings. The number of hydrogen-bond acceptors (Lipinski definition) is 7. The van der Waals surface area contributed by atoms with Gasteiger partial charge in [0.1, 0.15) is 0 Å². The van der Waals surface area contributed by atoms with Crippen LogP contribution < -0.4 is 21.5 Å². The van der Waals surface area contributed by atoms with Gasteiger partial charge in [-0.3, -0.25) is 0 Å². The zero-order valence-corrected chi connectivity index (χ0v) is 11.1. The maximum atomic E-state index is 8.87. The van der Waals surface area contributed by atoms with Crippen molar-refractivity contribution in [3.63, 3.8) is 0 Å². The fourth-order valence-corrected chi connectivity index (χ4v) is 1.67. The minimum absolute atomic E-state index is 0.00267. The van der Waals surface area contributed by atoms with Gasteiger partial charge in [-0.15, -0.1) is 0 Å². The Balaban J connectivity index is 2.38. The molecule has 1 heterocycles. The van der Waals surface area contributed by atoms with Gasteiger partial charge in [-0.05, 0) is 18.2 Å². The van der Waals surface area contributed by atoms with Crippen molar-refractivity contribution in [3.05, 3.63) is 24.4 Å². The number of nitrogens with two attached hydrogens (primary N) is 2. The smallest absolute Gasteiger partial charge is 0.179 e. The Hall–Kier alpha value is -2.54. The van der Waals surface area contributed by atoms with E-state index in [9.17, 15) is 0 Å². The summed E-state index contributed by atoms with van der Waals surface area (Å²) >= 11 is 0. The van der Waals surface area contributed by atoms with E-state index in [1.807, 2.05) is 0 Å². The lowest BCUT2D eigenvalue weighted by atomic mass is 10.1. The summed E-state index contributed by atoms with van der Waals surface area (Å²) in [6.07, 6.45) is 1.56. The van der Waals surface area contributed by atoms with Gasteiger partial charge in [0.05, 0.1) is 31.3 Å². The van der Waals surface area contributed by atoms with E-state index in [2.05, 4.69) is 15.3 Å². The highest BCUT2D eigenvalue weighted by atomic mass is 16.5. The van der Waals surface area contributed by atoms with Crippen molar-refractivity contribution >= 4 is 17.2 Å². The SMILES string of the molecule is COc1cnc(-c2ccc(N)c(N)c2)nc1NCCO. The summed E-state index contributed by atoms with van der Waals surface area (Å²) < 4.78 is 5.16. The molecule has 0 atom stereocenters. The van der Waals surface area contributed by atoms with Crippen LogP contribution in [0.2, 0.25) is 0 Å². The predicted molar refractivity (Wildman–Crippen MR) is 78.4 cm³/mol. The van der Waals surface area contributed by atoms with Crippen LogP contribution in [0.1, 0.15) is 0 Å². The number of methoxy groups -OCH3 is 1. The third-order valence-corrected chi connectivity index (χ3v) is 2.72. The molecule has 0 spiro atoms. The van der Waals surface area contributed by atoms with Crippen LogP contribution >= 0.6 is 0 Å². The van der Waals surface area contributed by atoms with Gasteiger partial charge in [-0.1, -0.05) is 0 Å². The Kier molecular flexibility index (Phi) is 4.21. The van der Waals surface area contributed by atoms with E-state index in [0.29, 0.717) is 35.3 Å². The summed E-state index contributed by atoms with van der Waals surface area (Å²) in [6.45, 7) is 0.369. The van der Waals surface area contributed by atoms with Crippen LogP contribution in [0.15, 0.2) is 24.4 Å². The lowest BCUT2D eigenvalue weighted by molar-refractivity contribution is 0.310. The zero-order valence-electron chi connectivity index (χ0n) is 11.1. The number of aromatic nitrogens is 2. The van der Waals surface area contributed by atoms with Gasteiger partial charge in [0.2, 0.25) is 0 Å². The van der Waals surface area contributed by atoms with Gasteiger partial charge in [0.25, 0.3) is 0 Å². The summed E-state index contributed by atoms with van der Waals surface area (Å²) in [6, 6.07) is 5.22. The van der Waals surface area contributed by atoms with E-state index in [4.69, 9.17) is 21.3 Å². The number of hydrogen-bond donors (Lipinski definition) is 4. The zero-order chi connectivity index (χ0) is 14.5. The first kappa shape index (κ1) is 13.9. The Morgan fingerprint density at radius 2 is 2.10 bits per heavy atom. The molecule has 0 aliphatic rings. The van der Waals surface area contributed by atoms with Gasteiger partial charge in [-0.2, -0.15) is 0 Å². The van der Waals surface area contributed by atoms with Gasteiger partial charge in [-0.25, -0.2) is 9.97 Å². The third-order valence-electron chi connectivity index (χ3n) is 2.72. The minimum Gasteiger partial charge on any atom is -0.491 e. The van der Waals surface area contributed by atoms with E-state index < -0.39 is 0 Å². The van der Waals surface area contributed by atoms with Crippen molar-refractivity contribution in [2.24, 2.45) is 0 Å². The van der Waals surface area contributed by atoms with Gasteiger partial charge in [0.15, 0.2) is 17.4 Å². The molecule has 0 unspecified atom stereocenters. The molecule has 0 aliphatic carbocycles. The summed E-state index contributed by atoms with van der Waals surface area (Å²) in [5, 5.41) is 11.8. The highest BCUT2D eigenvalue weighted by Crippen LogP contribution is 2.27. The molecule has 0 radical (unpaired) electrons. The second-order valence-corrected chi connectivity index (χ2v) is 4.10. The van der Waals surface area contributed by atoms with Crippen LogP contribution in [0.4, 0.5) is 17.2 Å². The number of nitrogens with zero attached hydrogens (tertiary/aromatic N) is 2. The molecule has 0 bridgehead atoms. The molecule has 106 valence electrons. The Bertz CT molecular complexity index is 603. The topological polar surface area (TPSA) is 119 Å². The second-order valence-electron chi connectivity index (χ2n) is 4.10. The number of aliphatic hydroxyl groups is 1. The van der Waals surface area contributed by atoms with Gasteiger partial charge < -0.3 is 26.6 Å². The molecule has 2 aromatic rings.